The molecular weight excluding hydrogens is 356 g/mol. The van der Waals surface area contributed by atoms with Crippen molar-refractivity contribution >= 4 is 11.6 Å². The largest absolute Gasteiger partial charge is 0.496 e. The lowest BCUT2D eigenvalue weighted by molar-refractivity contribution is 0.0588. The molecule has 0 saturated carbocycles. The number of methoxy groups -OCH3 is 2. The number of ether oxygens (including phenoxy) is 3. The summed E-state index contributed by atoms with van der Waals surface area (Å²) in [5.74, 6) is 0.792. The van der Waals surface area contributed by atoms with Crippen molar-refractivity contribution in [3.8, 4) is 11.5 Å². The molecule has 0 radical (unpaired) electrons. The summed E-state index contributed by atoms with van der Waals surface area (Å²) < 4.78 is 16.8. The average molecular weight is 389 g/mol. The Kier molecular flexibility index (Phi) is 8.24. The number of hydrogen-bond donors (Lipinski definition) is 0. The molecule has 2 rings (SSSR count). The summed E-state index contributed by atoms with van der Waals surface area (Å²) in [5.41, 5.74) is 0.960. The highest BCUT2D eigenvalue weighted by atomic mass is 16.5. The van der Waals surface area contributed by atoms with Crippen LogP contribution in [0.1, 0.15) is 73.6 Å². The highest BCUT2D eigenvalue weighted by molar-refractivity contribution is 6.27. The van der Waals surface area contributed by atoms with E-state index in [4.69, 9.17) is 14.2 Å². The van der Waals surface area contributed by atoms with Gasteiger partial charge in [-0.3, -0.25) is 9.59 Å². The van der Waals surface area contributed by atoms with Gasteiger partial charge < -0.3 is 14.2 Å². The molecule has 0 N–H and O–H groups in total. The summed E-state index contributed by atoms with van der Waals surface area (Å²) in [5, 5.41) is 0. The highest BCUT2D eigenvalue weighted by Gasteiger charge is 2.35. The molecule has 0 aromatic heterocycles. The molecule has 1 aliphatic carbocycles. The van der Waals surface area contributed by atoms with Crippen molar-refractivity contribution in [1.29, 1.82) is 0 Å². The molecule has 1 aromatic carbocycles. The molecule has 0 amide bonds. The van der Waals surface area contributed by atoms with Gasteiger partial charge in [-0.25, -0.2) is 0 Å². The zero-order valence-corrected chi connectivity index (χ0v) is 17.7. The third-order valence-corrected chi connectivity index (χ3v) is 5.01. The summed E-state index contributed by atoms with van der Waals surface area (Å²) in [6, 6.07) is 3.32. The maximum atomic E-state index is 13.3. The van der Waals surface area contributed by atoms with E-state index in [1.807, 2.05) is 0 Å². The van der Waals surface area contributed by atoms with Crippen molar-refractivity contribution in [2.75, 3.05) is 20.8 Å². The third kappa shape index (κ3) is 5.02. The van der Waals surface area contributed by atoms with Crippen molar-refractivity contribution in [3.05, 3.63) is 34.9 Å². The van der Waals surface area contributed by atoms with Gasteiger partial charge in [-0.1, -0.05) is 33.6 Å². The first-order valence-corrected chi connectivity index (χ1v) is 10.1. The number of Topliss-reactive ketones (excluding diaryl/α,β-unsaturated/α-hetero) is 1. The molecule has 0 aliphatic heterocycles. The van der Waals surface area contributed by atoms with Crippen LogP contribution in [0.25, 0.3) is 0 Å². The molecule has 5 heteroatoms. The molecule has 1 aromatic rings. The molecule has 1 aliphatic rings. The first-order chi connectivity index (χ1) is 13.4. The number of ketones is 2. The number of allylic oxidation sites excluding steroid dienone is 1. The van der Waals surface area contributed by atoms with Crippen molar-refractivity contribution in [3.63, 3.8) is 0 Å². The van der Waals surface area contributed by atoms with Gasteiger partial charge in [0.1, 0.15) is 11.5 Å². The van der Waals surface area contributed by atoms with E-state index in [0.717, 1.165) is 25.7 Å². The number of benzene rings is 1. The van der Waals surface area contributed by atoms with Gasteiger partial charge in [-0.2, -0.15) is 0 Å². The lowest BCUT2D eigenvalue weighted by atomic mass is 9.84. The molecule has 0 heterocycles. The molecule has 0 spiro atoms. The second-order valence-electron chi connectivity index (χ2n) is 7.55. The molecular formula is C23H32O5. The fourth-order valence-electron chi connectivity index (χ4n) is 3.43. The van der Waals surface area contributed by atoms with E-state index >= 15 is 0 Å². The fraction of sp³-hybridized carbons (Fsp3) is 0.565. The Morgan fingerprint density at radius 3 is 2.14 bits per heavy atom. The standard InChI is InChI=1S/C23H32O5/c1-6-7-8-13-28-18(10-9-15(2)3)16-14-17(24)21-19(26-4)11-12-20(27-5)22(21)23(16)25/h11-12,14-15,18H,6-10,13H2,1-5H3. The van der Waals surface area contributed by atoms with Gasteiger partial charge in [0.15, 0.2) is 11.6 Å². The number of carbonyl (C=O) groups excluding carboxylic acids is 2. The smallest absolute Gasteiger partial charge is 0.196 e. The summed E-state index contributed by atoms with van der Waals surface area (Å²) in [6.45, 7) is 7.00. The minimum Gasteiger partial charge on any atom is -0.496 e. The van der Waals surface area contributed by atoms with Gasteiger partial charge in [0.2, 0.25) is 0 Å². The molecule has 0 saturated heterocycles. The summed E-state index contributed by atoms with van der Waals surface area (Å²) >= 11 is 0. The van der Waals surface area contributed by atoms with E-state index in [1.54, 1.807) is 12.1 Å². The predicted molar refractivity (Wildman–Crippen MR) is 110 cm³/mol. The Hall–Kier alpha value is -2.14. The van der Waals surface area contributed by atoms with Crippen molar-refractivity contribution in [2.24, 2.45) is 5.92 Å². The zero-order valence-electron chi connectivity index (χ0n) is 17.7. The second-order valence-corrected chi connectivity index (χ2v) is 7.55. The van der Waals surface area contributed by atoms with Crippen LogP contribution in [-0.2, 0) is 4.74 Å². The first kappa shape index (κ1) is 22.2. The fourth-order valence-corrected chi connectivity index (χ4v) is 3.43. The molecule has 28 heavy (non-hydrogen) atoms. The van der Waals surface area contributed by atoms with Crippen LogP contribution in [0.5, 0.6) is 11.5 Å². The molecule has 0 fully saturated rings. The maximum absolute atomic E-state index is 13.3. The topological polar surface area (TPSA) is 61.8 Å². The van der Waals surface area contributed by atoms with E-state index in [2.05, 4.69) is 20.8 Å². The Labute approximate surface area is 168 Å². The maximum Gasteiger partial charge on any atom is 0.196 e. The Balaban J connectivity index is 2.38. The highest BCUT2D eigenvalue weighted by Crippen LogP contribution is 2.37. The minimum atomic E-state index is -0.389. The monoisotopic (exact) mass is 388 g/mol. The average Bonchev–Trinajstić information content (AvgIpc) is 2.69. The van der Waals surface area contributed by atoms with E-state index in [-0.39, 0.29) is 28.8 Å². The first-order valence-electron chi connectivity index (χ1n) is 10.1. The third-order valence-electron chi connectivity index (χ3n) is 5.01. The van der Waals surface area contributed by atoms with Crippen molar-refractivity contribution in [1.82, 2.24) is 0 Å². The quantitative estimate of drug-likeness (QED) is 0.498. The number of rotatable bonds is 11. The van der Waals surface area contributed by atoms with Crippen LogP contribution in [0.3, 0.4) is 0 Å². The van der Waals surface area contributed by atoms with Crippen LogP contribution < -0.4 is 9.47 Å². The minimum absolute atomic E-state index is 0.213. The Morgan fingerprint density at radius 1 is 0.929 bits per heavy atom. The summed E-state index contributed by atoms with van der Waals surface area (Å²) in [4.78, 5) is 26.2. The van der Waals surface area contributed by atoms with Gasteiger partial charge in [0, 0.05) is 12.2 Å². The lowest BCUT2D eigenvalue weighted by Crippen LogP contribution is -2.28. The van der Waals surface area contributed by atoms with E-state index in [0.29, 0.717) is 36.0 Å². The van der Waals surface area contributed by atoms with Gasteiger partial charge in [-0.15, -0.1) is 0 Å². The number of carbonyl (C=O) groups is 2. The number of unbranched alkanes of at least 4 members (excludes halogenated alkanes) is 2. The van der Waals surface area contributed by atoms with Crippen LogP contribution in [0.2, 0.25) is 0 Å². The Bertz CT molecular complexity index is 733. The number of fused-ring (bicyclic) bond motifs is 1. The lowest BCUT2D eigenvalue weighted by Gasteiger charge is -2.26. The summed E-state index contributed by atoms with van der Waals surface area (Å²) in [6.07, 6.45) is 5.78. The van der Waals surface area contributed by atoms with Crippen LogP contribution in [0.15, 0.2) is 23.8 Å². The normalized spacial score (nSPS) is 14.7. The molecule has 1 unspecified atom stereocenters. The number of hydrogen-bond acceptors (Lipinski definition) is 5. The van der Waals surface area contributed by atoms with Gasteiger partial charge in [-0.05, 0) is 43.4 Å². The van der Waals surface area contributed by atoms with Gasteiger partial charge in [0.25, 0.3) is 0 Å². The summed E-state index contributed by atoms with van der Waals surface area (Å²) in [7, 11) is 2.98. The van der Waals surface area contributed by atoms with Crippen LogP contribution >= 0.6 is 0 Å². The Morgan fingerprint density at radius 2 is 1.57 bits per heavy atom. The molecule has 154 valence electrons. The zero-order chi connectivity index (χ0) is 20.7. The SMILES string of the molecule is CCCCCOC(CCC(C)C)C1=CC(=O)c2c(OC)ccc(OC)c2C1=O. The molecule has 0 bridgehead atoms. The van der Waals surface area contributed by atoms with E-state index in [9.17, 15) is 9.59 Å². The van der Waals surface area contributed by atoms with Crippen LogP contribution in [-0.4, -0.2) is 38.5 Å². The van der Waals surface area contributed by atoms with E-state index in [1.165, 1.54) is 20.3 Å². The second kappa shape index (κ2) is 10.4. The van der Waals surface area contributed by atoms with Gasteiger partial charge >= 0.3 is 0 Å². The molecule has 5 nitrogen and oxygen atoms in total. The van der Waals surface area contributed by atoms with Crippen LogP contribution in [0.4, 0.5) is 0 Å². The van der Waals surface area contributed by atoms with Crippen molar-refractivity contribution in [2.45, 2.75) is 59.0 Å². The van der Waals surface area contributed by atoms with Crippen molar-refractivity contribution < 1.29 is 23.8 Å². The van der Waals surface area contributed by atoms with Crippen LogP contribution in [0, 0.1) is 5.92 Å². The van der Waals surface area contributed by atoms with E-state index < -0.39 is 0 Å². The predicted octanol–water partition coefficient (Wildman–Crippen LogP) is 5.02. The van der Waals surface area contributed by atoms with Gasteiger partial charge in [0.05, 0.1) is 31.5 Å². The molecule has 1 atom stereocenters.